The molecule has 0 radical (unpaired) electrons. The topological polar surface area (TPSA) is 42.9 Å². The van der Waals surface area contributed by atoms with Crippen LogP contribution in [0.2, 0.25) is 0 Å². The molecule has 88 valence electrons. The summed E-state index contributed by atoms with van der Waals surface area (Å²) in [6.07, 6.45) is 2.85. The maximum absolute atomic E-state index is 10.9. The van der Waals surface area contributed by atoms with E-state index >= 15 is 0 Å². The van der Waals surface area contributed by atoms with Gasteiger partial charge in [0, 0.05) is 28.9 Å². The van der Waals surface area contributed by atoms with Gasteiger partial charge in [-0.15, -0.1) is 11.3 Å². The van der Waals surface area contributed by atoms with Gasteiger partial charge in [0.1, 0.15) is 11.6 Å². The number of carbonyl (C=O) groups is 1. The van der Waals surface area contributed by atoms with Crippen LogP contribution < -0.4 is 0 Å². The number of hydrogen-bond donors (Lipinski definition) is 0. The lowest BCUT2D eigenvalue weighted by Gasteiger charge is -2.00. The summed E-state index contributed by atoms with van der Waals surface area (Å²) in [6, 6.07) is 3.91. The molecule has 17 heavy (non-hydrogen) atoms. The van der Waals surface area contributed by atoms with Crippen molar-refractivity contribution in [2.24, 2.45) is 0 Å². The number of Topliss-reactive ketones (excluding diaryl/α,β-unsaturated/α-hetero) is 1. The van der Waals surface area contributed by atoms with Crippen molar-refractivity contribution in [1.82, 2.24) is 9.97 Å². The molecule has 0 amide bonds. The number of carbonyl (C=O) groups excluding carboxylic acids is 1. The highest BCUT2D eigenvalue weighted by Crippen LogP contribution is 2.28. The highest BCUT2D eigenvalue weighted by molar-refractivity contribution is 9.10. The van der Waals surface area contributed by atoms with Crippen LogP contribution in [0.25, 0.3) is 10.6 Å². The third-order valence-electron chi connectivity index (χ3n) is 2.23. The molecule has 2 aromatic heterocycles. The molecule has 0 N–H and O–H groups in total. The number of nitrogens with zero attached hydrogens (tertiary/aromatic N) is 2. The van der Waals surface area contributed by atoms with E-state index in [4.69, 9.17) is 0 Å². The molecule has 2 aromatic rings. The quantitative estimate of drug-likeness (QED) is 0.868. The van der Waals surface area contributed by atoms with Crippen LogP contribution in [0.4, 0.5) is 0 Å². The minimum Gasteiger partial charge on any atom is -0.300 e. The Labute approximate surface area is 112 Å². The maximum Gasteiger partial charge on any atom is 0.130 e. The lowest BCUT2D eigenvalue weighted by atomic mass is 10.2. The van der Waals surface area contributed by atoms with Gasteiger partial charge in [0.05, 0.1) is 10.6 Å². The van der Waals surface area contributed by atoms with Crippen LogP contribution in [0.1, 0.15) is 19.2 Å². The van der Waals surface area contributed by atoms with Crippen molar-refractivity contribution in [2.45, 2.75) is 19.8 Å². The number of halogens is 1. The second kappa shape index (κ2) is 5.51. The molecule has 0 atom stereocenters. The minimum absolute atomic E-state index is 0.165. The Balaban J connectivity index is 2.19. The van der Waals surface area contributed by atoms with Gasteiger partial charge >= 0.3 is 0 Å². The van der Waals surface area contributed by atoms with Crippen LogP contribution in [0.15, 0.2) is 28.2 Å². The molecule has 0 fully saturated rings. The molecule has 0 aromatic carbocycles. The first-order valence-electron chi connectivity index (χ1n) is 5.21. The van der Waals surface area contributed by atoms with Gasteiger partial charge < -0.3 is 4.79 Å². The smallest absolute Gasteiger partial charge is 0.130 e. The second-order valence-corrected chi connectivity index (χ2v) is 5.52. The van der Waals surface area contributed by atoms with Crippen molar-refractivity contribution >= 4 is 33.0 Å². The first-order chi connectivity index (χ1) is 8.15. The third-order valence-corrected chi connectivity index (χ3v) is 3.94. The number of thiophene rings is 1. The molecule has 3 nitrogen and oxygen atoms in total. The summed E-state index contributed by atoms with van der Waals surface area (Å²) in [4.78, 5) is 20.6. The molecule has 2 heterocycles. The van der Waals surface area contributed by atoms with E-state index in [0.717, 1.165) is 20.9 Å². The van der Waals surface area contributed by atoms with E-state index in [1.165, 1.54) is 0 Å². The predicted molar refractivity (Wildman–Crippen MR) is 72.0 cm³/mol. The SMILES string of the molecule is CC(=O)CCc1nccc(-c2cc(Br)cs2)n1. The standard InChI is InChI=1S/C12H11BrN2OS/c1-8(16)2-3-12-14-5-4-10(15-12)11-6-9(13)7-17-11/h4-7H,2-3H2,1H3. The van der Waals surface area contributed by atoms with Crippen LogP contribution >= 0.6 is 27.3 Å². The van der Waals surface area contributed by atoms with Crippen molar-refractivity contribution in [3.63, 3.8) is 0 Å². The molecule has 0 spiro atoms. The Kier molecular flexibility index (Phi) is 4.02. The molecule has 0 bridgehead atoms. The van der Waals surface area contributed by atoms with Crippen LogP contribution in [-0.2, 0) is 11.2 Å². The van der Waals surface area contributed by atoms with Crippen molar-refractivity contribution in [2.75, 3.05) is 0 Å². The van der Waals surface area contributed by atoms with Gasteiger partial charge in [-0.3, -0.25) is 0 Å². The summed E-state index contributed by atoms with van der Waals surface area (Å²) < 4.78 is 1.06. The van der Waals surface area contributed by atoms with E-state index in [-0.39, 0.29) is 5.78 Å². The van der Waals surface area contributed by atoms with Gasteiger partial charge in [-0.05, 0) is 35.0 Å². The number of hydrogen-bond acceptors (Lipinski definition) is 4. The highest BCUT2D eigenvalue weighted by Gasteiger charge is 2.05. The van der Waals surface area contributed by atoms with Gasteiger partial charge in [-0.25, -0.2) is 9.97 Å². The lowest BCUT2D eigenvalue weighted by Crippen LogP contribution is -1.99. The summed E-state index contributed by atoms with van der Waals surface area (Å²) in [5.41, 5.74) is 0.911. The molecule has 0 saturated heterocycles. The van der Waals surface area contributed by atoms with Crippen molar-refractivity contribution in [1.29, 1.82) is 0 Å². The Hall–Kier alpha value is -1.07. The van der Waals surface area contributed by atoms with Gasteiger partial charge in [-0.2, -0.15) is 0 Å². The summed E-state index contributed by atoms with van der Waals surface area (Å²) in [5, 5.41) is 2.02. The fourth-order valence-corrected chi connectivity index (χ4v) is 2.79. The summed E-state index contributed by atoms with van der Waals surface area (Å²) in [7, 11) is 0. The van der Waals surface area contributed by atoms with Crippen LogP contribution in [-0.4, -0.2) is 15.8 Å². The van der Waals surface area contributed by atoms with E-state index < -0.39 is 0 Å². The lowest BCUT2D eigenvalue weighted by molar-refractivity contribution is -0.117. The van der Waals surface area contributed by atoms with Crippen LogP contribution in [0.3, 0.4) is 0 Å². The number of ketones is 1. The van der Waals surface area contributed by atoms with E-state index in [0.29, 0.717) is 12.8 Å². The Morgan fingerprint density at radius 3 is 3.00 bits per heavy atom. The van der Waals surface area contributed by atoms with E-state index in [1.807, 2.05) is 17.5 Å². The maximum atomic E-state index is 10.9. The third kappa shape index (κ3) is 3.44. The second-order valence-electron chi connectivity index (χ2n) is 3.69. The molecule has 0 saturated carbocycles. The largest absolute Gasteiger partial charge is 0.300 e. The first kappa shape index (κ1) is 12.4. The van der Waals surface area contributed by atoms with Crippen LogP contribution in [0, 0.1) is 0 Å². The monoisotopic (exact) mass is 310 g/mol. The van der Waals surface area contributed by atoms with Gasteiger partial charge in [0.2, 0.25) is 0 Å². The fraction of sp³-hybridized carbons (Fsp3) is 0.250. The molecule has 0 aliphatic heterocycles. The van der Waals surface area contributed by atoms with E-state index in [2.05, 4.69) is 25.9 Å². The first-order valence-corrected chi connectivity index (χ1v) is 6.88. The summed E-state index contributed by atoms with van der Waals surface area (Å²) in [6.45, 7) is 1.58. The van der Waals surface area contributed by atoms with Gasteiger partial charge in [-0.1, -0.05) is 0 Å². The van der Waals surface area contributed by atoms with E-state index in [1.54, 1.807) is 24.5 Å². The Bertz CT molecular complexity index is 539. The molecule has 0 aliphatic rings. The zero-order valence-corrected chi connectivity index (χ0v) is 11.7. The molecule has 0 unspecified atom stereocenters. The van der Waals surface area contributed by atoms with Crippen molar-refractivity contribution < 1.29 is 4.79 Å². The molecular weight excluding hydrogens is 300 g/mol. The normalized spacial score (nSPS) is 10.5. The number of aromatic nitrogens is 2. The average Bonchev–Trinajstić information content (AvgIpc) is 2.74. The van der Waals surface area contributed by atoms with E-state index in [9.17, 15) is 4.79 Å². The zero-order chi connectivity index (χ0) is 12.3. The number of aryl methyl sites for hydroxylation is 1. The molecule has 5 heteroatoms. The van der Waals surface area contributed by atoms with Crippen LogP contribution in [0.5, 0.6) is 0 Å². The van der Waals surface area contributed by atoms with Gasteiger partial charge in [0.25, 0.3) is 0 Å². The fourth-order valence-electron chi connectivity index (χ4n) is 1.39. The number of rotatable bonds is 4. The van der Waals surface area contributed by atoms with Gasteiger partial charge in [0.15, 0.2) is 0 Å². The Morgan fingerprint density at radius 2 is 2.35 bits per heavy atom. The zero-order valence-electron chi connectivity index (χ0n) is 9.31. The minimum atomic E-state index is 0.165. The summed E-state index contributed by atoms with van der Waals surface area (Å²) in [5.74, 6) is 0.889. The summed E-state index contributed by atoms with van der Waals surface area (Å²) >= 11 is 5.05. The predicted octanol–water partition coefficient (Wildman–Crippen LogP) is 3.49. The average molecular weight is 311 g/mol. The highest BCUT2D eigenvalue weighted by atomic mass is 79.9. The molecule has 0 aliphatic carbocycles. The Morgan fingerprint density at radius 1 is 1.53 bits per heavy atom. The van der Waals surface area contributed by atoms with Crippen molar-refractivity contribution in [3.8, 4) is 10.6 Å². The molecular formula is C12H11BrN2OS. The van der Waals surface area contributed by atoms with Crippen molar-refractivity contribution in [3.05, 3.63) is 34.0 Å². The molecule has 2 rings (SSSR count).